The summed E-state index contributed by atoms with van der Waals surface area (Å²) < 4.78 is 0. The zero-order chi connectivity index (χ0) is 15.7. The maximum Gasteiger partial charge on any atom is 0.271 e. The SMILES string of the molecule is CC(=NNC(=O)c1ccc([N+](=O)[O-])cc1)C1CC2CCC1C2. The largest absolute Gasteiger partial charge is 0.271 e. The van der Waals surface area contributed by atoms with Crippen molar-refractivity contribution in [1.29, 1.82) is 0 Å². The molecule has 3 rings (SSSR count). The Morgan fingerprint density at radius 2 is 2.00 bits per heavy atom. The first-order valence-electron chi connectivity index (χ1n) is 7.63. The molecule has 3 unspecified atom stereocenters. The number of nitrogens with one attached hydrogen (secondary N) is 1. The van der Waals surface area contributed by atoms with Gasteiger partial charge in [0.05, 0.1) is 4.92 Å². The van der Waals surface area contributed by atoms with E-state index in [1.54, 1.807) is 0 Å². The maximum atomic E-state index is 12.0. The number of fused-ring (bicyclic) bond motifs is 2. The van der Waals surface area contributed by atoms with Crippen LogP contribution in [0.4, 0.5) is 5.69 Å². The van der Waals surface area contributed by atoms with Crippen LogP contribution in [0.3, 0.4) is 0 Å². The van der Waals surface area contributed by atoms with E-state index in [9.17, 15) is 14.9 Å². The fourth-order valence-corrected chi connectivity index (χ4v) is 3.78. The highest BCUT2D eigenvalue weighted by molar-refractivity contribution is 5.95. The molecule has 1 aromatic carbocycles. The number of carbonyl (C=O) groups is 1. The molecule has 6 heteroatoms. The summed E-state index contributed by atoms with van der Waals surface area (Å²) in [5.74, 6) is 1.73. The van der Waals surface area contributed by atoms with E-state index in [1.165, 1.54) is 49.9 Å². The van der Waals surface area contributed by atoms with Crippen molar-refractivity contribution in [2.75, 3.05) is 0 Å². The lowest BCUT2D eigenvalue weighted by molar-refractivity contribution is -0.384. The monoisotopic (exact) mass is 301 g/mol. The van der Waals surface area contributed by atoms with Gasteiger partial charge in [-0.15, -0.1) is 0 Å². The molecule has 2 bridgehead atoms. The van der Waals surface area contributed by atoms with E-state index < -0.39 is 4.92 Å². The highest BCUT2D eigenvalue weighted by atomic mass is 16.6. The second-order valence-electron chi connectivity index (χ2n) is 6.28. The van der Waals surface area contributed by atoms with E-state index >= 15 is 0 Å². The summed E-state index contributed by atoms with van der Waals surface area (Å²) in [4.78, 5) is 22.1. The quantitative estimate of drug-likeness (QED) is 0.526. The van der Waals surface area contributed by atoms with Gasteiger partial charge in [0.1, 0.15) is 0 Å². The highest BCUT2D eigenvalue weighted by Gasteiger charge is 2.40. The number of nitro groups is 1. The van der Waals surface area contributed by atoms with Gasteiger partial charge in [-0.1, -0.05) is 6.42 Å². The number of hydrogen-bond acceptors (Lipinski definition) is 4. The van der Waals surface area contributed by atoms with Gasteiger partial charge in [0.15, 0.2) is 0 Å². The molecule has 2 fully saturated rings. The summed E-state index contributed by atoms with van der Waals surface area (Å²) in [6, 6.07) is 5.52. The standard InChI is InChI=1S/C16H19N3O3/c1-10(15-9-11-2-3-13(15)8-11)17-18-16(20)12-4-6-14(7-5-12)19(21)22/h4-7,11,13,15H,2-3,8-9H2,1H3,(H,18,20). The Morgan fingerprint density at radius 1 is 1.27 bits per heavy atom. The Bertz CT molecular complexity index is 624. The number of non-ortho nitro benzene ring substituents is 1. The number of nitro benzene ring substituents is 1. The van der Waals surface area contributed by atoms with Gasteiger partial charge in [-0.25, -0.2) is 5.43 Å². The van der Waals surface area contributed by atoms with E-state index in [-0.39, 0.29) is 11.6 Å². The molecular formula is C16H19N3O3. The predicted molar refractivity (Wildman–Crippen MR) is 82.6 cm³/mol. The normalized spacial score (nSPS) is 27.0. The van der Waals surface area contributed by atoms with E-state index in [2.05, 4.69) is 10.5 Å². The van der Waals surface area contributed by atoms with Gasteiger partial charge in [-0.05, 0) is 50.2 Å². The van der Waals surface area contributed by atoms with Crippen LogP contribution in [0.5, 0.6) is 0 Å². The summed E-state index contributed by atoms with van der Waals surface area (Å²) in [5.41, 5.74) is 3.89. The molecule has 0 saturated heterocycles. The second kappa shape index (κ2) is 5.87. The van der Waals surface area contributed by atoms with Gasteiger partial charge >= 0.3 is 0 Å². The molecule has 6 nitrogen and oxygen atoms in total. The molecule has 0 heterocycles. The van der Waals surface area contributed by atoms with E-state index in [0.717, 1.165) is 17.5 Å². The van der Waals surface area contributed by atoms with Crippen molar-refractivity contribution >= 4 is 17.3 Å². The smallest absolute Gasteiger partial charge is 0.267 e. The molecule has 22 heavy (non-hydrogen) atoms. The zero-order valence-corrected chi connectivity index (χ0v) is 12.5. The third-order valence-electron chi connectivity index (χ3n) is 4.95. The Balaban J connectivity index is 1.61. The minimum absolute atomic E-state index is 0.0294. The Kier molecular flexibility index (Phi) is 3.92. The average Bonchev–Trinajstić information content (AvgIpc) is 3.15. The summed E-state index contributed by atoms with van der Waals surface area (Å²) >= 11 is 0. The van der Waals surface area contributed by atoms with Gasteiger partial charge in [-0.2, -0.15) is 5.10 Å². The lowest BCUT2D eigenvalue weighted by atomic mass is 9.86. The Labute approximate surface area is 128 Å². The van der Waals surface area contributed by atoms with Crippen molar-refractivity contribution in [1.82, 2.24) is 5.43 Å². The van der Waals surface area contributed by atoms with Crippen molar-refractivity contribution in [3.63, 3.8) is 0 Å². The van der Waals surface area contributed by atoms with Crippen LogP contribution in [0.15, 0.2) is 29.4 Å². The van der Waals surface area contributed by atoms with E-state index in [1.807, 2.05) is 6.92 Å². The highest BCUT2D eigenvalue weighted by Crippen LogP contribution is 2.48. The first-order valence-corrected chi connectivity index (χ1v) is 7.63. The number of amides is 1. The summed E-state index contributed by atoms with van der Waals surface area (Å²) in [6.45, 7) is 1.97. The molecule has 2 aliphatic rings. The molecule has 3 atom stereocenters. The lowest BCUT2D eigenvalue weighted by Crippen LogP contribution is -2.24. The maximum absolute atomic E-state index is 12.0. The van der Waals surface area contributed by atoms with Gasteiger partial charge < -0.3 is 0 Å². The molecule has 0 spiro atoms. The van der Waals surface area contributed by atoms with Crippen molar-refractivity contribution in [2.45, 2.75) is 32.6 Å². The molecule has 2 saturated carbocycles. The third-order valence-corrected chi connectivity index (χ3v) is 4.95. The summed E-state index contributed by atoms with van der Waals surface area (Å²) in [5, 5.41) is 14.8. The van der Waals surface area contributed by atoms with E-state index in [4.69, 9.17) is 0 Å². The summed E-state index contributed by atoms with van der Waals surface area (Å²) in [6.07, 6.45) is 5.10. The minimum Gasteiger partial charge on any atom is -0.267 e. The van der Waals surface area contributed by atoms with Gasteiger partial charge in [-0.3, -0.25) is 14.9 Å². The number of rotatable bonds is 4. The van der Waals surface area contributed by atoms with Gasteiger partial charge in [0.25, 0.3) is 11.6 Å². The van der Waals surface area contributed by atoms with Crippen LogP contribution in [-0.4, -0.2) is 16.5 Å². The average molecular weight is 301 g/mol. The van der Waals surface area contributed by atoms with Gasteiger partial charge in [0.2, 0.25) is 0 Å². The molecule has 0 aliphatic heterocycles. The molecule has 0 radical (unpaired) electrons. The van der Waals surface area contributed by atoms with Crippen molar-refractivity contribution in [2.24, 2.45) is 22.9 Å². The van der Waals surface area contributed by atoms with Crippen LogP contribution in [0.25, 0.3) is 0 Å². The van der Waals surface area contributed by atoms with Crippen molar-refractivity contribution < 1.29 is 9.72 Å². The van der Waals surface area contributed by atoms with Crippen molar-refractivity contribution in [3.05, 3.63) is 39.9 Å². The number of benzene rings is 1. The first-order chi connectivity index (χ1) is 10.5. The van der Waals surface area contributed by atoms with Crippen LogP contribution < -0.4 is 5.43 Å². The fraction of sp³-hybridized carbons (Fsp3) is 0.500. The Hall–Kier alpha value is -2.24. The van der Waals surface area contributed by atoms with Crippen LogP contribution in [0.2, 0.25) is 0 Å². The number of hydrogen-bond donors (Lipinski definition) is 1. The van der Waals surface area contributed by atoms with Crippen LogP contribution in [0, 0.1) is 27.9 Å². The molecule has 0 aromatic heterocycles. The summed E-state index contributed by atoms with van der Waals surface area (Å²) in [7, 11) is 0. The Morgan fingerprint density at radius 3 is 2.55 bits per heavy atom. The van der Waals surface area contributed by atoms with Crippen LogP contribution >= 0.6 is 0 Å². The molecule has 1 amide bonds. The second-order valence-corrected chi connectivity index (χ2v) is 6.28. The number of hydrazone groups is 1. The molecular weight excluding hydrogens is 282 g/mol. The minimum atomic E-state index is -0.487. The first kappa shape index (κ1) is 14.7. The zero-order valence-electron chi connectivity index (χ0n) is 12.5. The van der Waals surface area contributed by atoms with Gasteiger partial charge in [0, 0.05) is 29.3 Å². The molecule has 1 N–H and O–H groups in total. The topological polar surface area (TPSA) is 84.6 Å². The molecule has 116 valence electrons. The number of carbonyl (C=O) groups excluding carboxylic acids is 1. The molecule has 2 aliphatic carbocycles. The predicted octanol–water partition coefficient (Wildman–Crippen LogP) is 3.14. The van der Waals surface area contributed by atoms with Crippen LogP contribution in [0.1, 0.15) is 43.0 Å². The van der Waals surface area contributed by atoms with Crippen molar-refractivity contribution in [3.8, 4) is 0 Å². The number of nitrogens with zero attached hydrogens (tertiary/aromatic N) is 2. The molecule has 1 aromatic rings. The third kappa shape index (κ3) is 2.86. The fourth-order valence-electron chi connectivity index (χ4n) is 3.78. The van der Waals surface area contributed by atoms with Crippen LogP contribution in [-0.2, 0) is 0 Å². The lowest BCUT2D eigenvalue weighted by Gasteiger charge is -2.21. The van der Waals surface area contributed by atoms with E-state index in [0.29, 0.717) is 11.5 Å².